The van der Waals surface area contributed by atoms with Crippen molar-refractivity contribution >= 4 is 11.6 Å². The number of methoxy groups -OCH3 is 1. The van der Waals surface area contributed by atoms with Crippen LogP contribution in [0, 0.1) is 0 Å². The molecule has 2 rings (SSSR count). The van der Waals surface area contributed by atoms with Gasteiger partial charge in [0.15, 0.2) is 0 Å². The molecule has 3 N–H and O–H groups in total. The van der Waals surface area contributed by atoms with Crippen LogP contribution in [-0.4, -0.2) is 69.1 Å². The Kier molecular flexibility index (Phi) is 5.03. The fourth-order valence-electron chi connectivity index (χ4n) is 2.51. The number of nitrogens with two attached hydrogens (primary N) is 1. The van der Waals surface area contributed by atoms with E-state index in [1.807, 2.05) is 0 Å². The topological polar surface area (TPSA) is 70.8 Å². The highest BCUT2D eigenvalue weighted by Gasteiger charge is 2.22. The molecular formula is C15H24N4O2. The molecule has 0 saturated carbocycles. The van der Waals surface area contributed by atoms with Crippen molar-refractivity contribution in [3.63, 3.8) is 0 Å². The number of amides is 1. The monoisotopic (exact) mass is 292 g/mol. The normalized spacial score (nSPS) is 20.2. The van der Waals surface area contributed by atoms with E-state index in [1.54, 1.807) is 25.3 Å². The van der Waals surface area contributed by atoms with Crippen LogP contribution in [0.2, 0.25) is 0 Å². The molecule has 0 aliphatic carbocycles. The predicted molar refractivity (Wildman–Crippen MR) is 83.7 cm³/mol. The lowest BCUT2D eigenvalue weighted by Crippen LogP contribution is -2.54. The molecular weight excluding hydrogens is 268 g/mol. The number of piperazine rings is 1. The summed E-state index contributed by atoms with van der Waals surface area (Å²) in [6, 6.07) is 5.38. The number of benzene rings is 1. The van der Waals surface area contributed by atoms with E-state index in [0.717, 1.165) is 19.6 Å². The largest absolute Gasteiger partial charge is 0.497 e. The van der Waals surface area contributed by atoms with Crippen LogP contribution in [-0.2, 0) is 0 Å². The lowest BCUT2D eigenvalue weighted by molar-refractivity contribution is 0.0881. The Balaban J connectivity index is 1.96. The fraction of sp³-hybridized carbons (Fsp3) is 0.533. The molecule has 0 spiro atoms. The van der Waals surface area contributed by atoms with Crippen LogP contribution in [0.5, 0.6) is 5.75 Å². The Morgan fingerprint density at radius 3 is 2.86 bits per heavy atom. The van der Waals surface area contributed by atoms with Gasteiger partial charge < -0.3 is 20.7 Å². The van der Waals surface area contributed by atoms with Crippen LogP contribution >= 0.6 is 0 Å². The van der Waals surface area contributed by atoms with Gasteiger partial charge in [-0.3, -0.25) is 9.69 Å². The van der Waals surface area contributed by atoms with Crippen molar-refractivity contribution < 1.29 is 9.53 Å². The predicted octanol–water partition coefficient (Wildman–Crippen LogP) is 0.253. The lowest BCUT2D eigenvalue weighted by atomic mass is 10.1. The molecule has 116 valence electrons. The summed E-state index contributed by atoms with van der Waals surface area (Å²) in [5.41, 5.74) is 6.83. The first-order chi connectivity index (χ1) is 9.99. The molecule has 0 aromatic heterocycles. The fourth-order valence-corrected chi connectivity index (χ4v) is 2.51. The maximum absolute atomic E-state index is 12.2. The number of anilines is 1. The molecule has 1 aromatic carbocycles. The number of carbonyl (C=O) groups is 1. The minimum absolute atomic E-state index is 0.123. The molecule has 6 heteroatoms. The summed E-state index contributed by atoms with van der Waals surface area (Å²) in [5.74, 6) is 0.469. The maximum atomic E-state index is 12.2. The van der Waals surface area contributed by atoms with Gasteiger partial charge in [-0.25, -0.2) is 0 Å². The van der Waals surface area contributed by atoms with Gasteiger partial charge in [-0.05, 0) is 26.2 Å². The van der Waals surface area contributed by atoms with Crippen LogP contribution in [0.25, 0.3) is 0 Å². The van der Waals surface area contributed by atoms with Crippen molar-refractivity contribution in [2.24, 2.45) is 0 Å². The zero-order chi connectivity index (χ0) is 15.4. The summed E-state index contributed by atoms with van der Waals surface area (Å²) in [6.45, 7) is 3.66. The summed E-state index contributed by atoms with van der Waals surface area (Å²) < 4.78 is 5.14. The van der Waals surface area contributed by atoms with Gasteiger partial charge in [-0.1, -0.05) is 0 Å². The summed E-state index contributed by atoms with van der Waals surface area (Å²) in [4.78, 5) is 16.8. The number of hydrogen-bond donors (Lipinski definition) is 2. The highest BCUT2D eigenvalue weighted by molar-refractivity contribution is 5.95. The van der Waals surface area contributed by atoms with Crippen LogP contribution < -0.4 is 15.8 Å². The number of carbonyl (C=O) groups excluding carboxylic acids is 1. The quantitative estimate of drug-likeness (QED) is 0.779. The van der Waals surface area contributed by atoms with Crippen LogP contribution in [0.15, 0.2) is 18.2 Å². The van der Waals surface area contributed by atoms with Crippen molar-refractivity contribution in [1.29, 1.82) is 0 Å². The van der Waals surface area contributed by atoms with E-state index in [0.29, 0.717) is 29.6 Å². The number of rotatable bonds is 4. The lowest BCUT2D eigenvalue weighted by Gasteiger charge is -2.37. The average molecular weight is 292 g/mol. The minimum atomic E-state index is -0.123. The summed E-state index contributed by atoms with van der Waals surface area (Å²) in [7, 11) is 5.75. The van der Waals surface area contributed by atoms with Gasteiger partial charge in [0, 0.05) is 49.5 Å². The third kappa shape index (κ3) is 4.09. The second-order valence-electron chi connectivity index (χ2n) is 5.60. The molecule has 1 fully saturated rings. The third-order valence-electron chi connectivity index (χ3n) is 3.91. The third-order valence-corrected chi connectivity index (χ3v) is 3.91. The molecule has 21 heavy (non-hydrogen) atoms. The molecule has 1 aliphatic rings. The van der Waals surface area contributed by atoms with E-state index in [9.17, 15) is 4.79 Å². The molecule has 1 heterocycles. The number of ether oxygens (including phenoxy) is 1. The first kappa shape index (κ1) is 15.6. The van der Waals surface area contributed by atoms with Crippen molar-refractivity contribution in [2.45, 2.75) is 6.04 Å². The molecule has 1 aromatic rings. The first-order valence-corrected chi connectivity index (χ1v) is 7.11. The Bertz CT molecular complexity index is 506. The summed E-state index contributed by atoms with van der Waals surface area (Å²) in [5, 5.41) is 2.98. The Morgan fingerprint density at radius 1 is 1.38 bits per heavy atom. The Hall–Kier alpha value is -1.79. The molecule has 1 atom stereocenters. The smallest absolute Gasteiger partial charge is 0.251 e. The van der Waals surface area contributed by atoms with Crippen LogP contribution in [0.3, 0.4) is 0 Å². The van der Waals surface area contributed by atoms with Gasteiger partial charge in [0.2, 0.25) is 0 Å². The average Bonchev–Trinajstić information content (AvgIpc) is 2.47. The van der Waals surface area contributed by atoms with Gasteiger partial charge in [0.1, 0.15) is 5.75 Å². The second-order valence-corrected chi connectivity index (χ2v) is 5.60. The molecule has 6 nitrogen and oxygen atoms in total. The zero-order valence-electron chi connectivity index (χ0n) is 12.9. The number of hydrogen-bond acceptors (Lipinski definition) is 5. The van der Waals surface area contributed by atoms with Gasteiger partial charge in [0.25, 0.3) is 5.91 Å². The summed E-state index contributed by atoms with van der Waals surface area (Å²) >= 11 is 0. The van der Waals surface area contributed by atoms with Gasteiger partial charge >= 0.3 is 0 Å². The number of nitrogens with one attached hydrogen (secondary N) is 1. The molecule has 1 amide bonds. The Labute approximate surface area is 125 Å². The van der Waals surface area contributed by atoms with Crippen LogP contribution in [0.1, 0.15) is 10.4 Å². The SMILES string of the molecule is COc1cc(N)cc(C(=O)NCC2CN(C)CCN2C)c1. The molecule has 0 bridgehead atoms. The van der Waals surface area contributed by atoms with E-state index >= 15 is 0 Å². The van der Waals surface area contributed by atoms with E-state index in [2.05, 4.69) is 29.2 Å². The molecule has 1 unspecified atom stereocenters. The van der Waals surface area contributed by atoms with E-state index < -0.39 is 0 Å². The number of nitrogen functional groups attached to an aromatic ring is 1. The van der Waals surface area contributed by atoms with E-state index in [-0.39, 0.29) is 5.91 Å². The second kappa shape index (κ2) is 6.78. The molecule has 1 aliphatic heterocycles. The highest BCUT2D eigenvalue weighted by atomic mass is 16.5. The minimum Gasteiger partial charge on any atom is -0.497 e. The van der Waals surface area contributed by atoms with E-state index in [4.69, 9.17) is 10.5 Å². The number of nitrogens with zero attached hydrogens (tertiary/aromatic N) is 2. The zero-order valence-corrected chi connectivity index (χ0v) is 12.9. The first-order valence-electron chi connectivity index (χ1n) is 7.11. The van der Waals surface area contributed by atoms with Crippen molar-refractivity contribution in [3.8, 4) is 5.75 Å². The molecule has 1 saturated heterocycles. The summed E-state index contributed by atoms with van der Waals surface area (Å²) in [6.07, 6.45) is 0. The van der Waals surface area contributed by atoms with Gasteiger partial charge in [-0.2, -0.15) is 0 Å². The highest BCUT2D eigenvalue weighted by Crippen LogP contribution is 2.18. The van der Waals surface area contributed by atoms with E-state index in [1.165, 1.54) is 0 Å². The standard InChI is InChI=1S/C15H24N4O2/c1-18-4-5-19(2)13(10-18)9-17-15(20)11-6-12(16)8-14(7-11)21-3/h6-8,13H,4-5,9-10,16H2,1-3H3,(H,17,20). The van der Waals surface area contributed by atoms with Gasteiger partial charge in [-0.15, -0.1) is 0 Å². The Morgan fingerprint density at radius 2 is 2.14 bits per heavy atom. The molecule has 0 radical (unpaired) electrons. The van der Waals surface area contributed by atoms with Crippen molar-refractivity contribution in [3.05, 3.63) is 23.8 Å². The van der Waals surface area contributed by atoms with Gasteiger partial charge in [0.05, 0.1) is 7.11 Å². The van der Waals surface area contributed by atoms with Crippen molar-refractivity contribution in [2.75, 3.05) is 53.1 Å². The maximum Gasteiger partial charge on any atom is 0.251 e. The van der Waals surface area contributed by atoms with Crippen LogP contribution in [0.4, 0.5) is 5.69 Å². The number of likely N-dealkylation sites (N-methyl/N-ethyl adjacent to an activating group) is 2. The van der Waals surface area contributed by atoms with Crippen molar-refractivity contribution in [1.82, 2.24) is 15.1 Å².